The van der Waals surface area contributed by atoms with Gasteiger partial charge in [-0.25, -0.2) is 29.9 Å². The Balaban J connectivity index is 0.929. The standard InChI is InChI=1S/C51H78N12/c1-44(2,3)62-29-36-27-59(28-37(36)30-62)42-52-21-38(22-53-42)45(4,5)31-49(12)40-25-56-43(57-26-40)60-32-50(33-60)15-19-61(20-16-50)47(8,9)48(10,11)63-34-51(35-63)13-17-58(18-14-51)41-54-23-39(24-55-41)46(49,6)7/h21-26,36-37H,13-20,27-35H2,1-12H3. The maximum Gasteiger partial charge on any atom is 0.225 e. The summed E-state index contributed by atoms with van der Waals surface area (Å²) in [5.41, 5.74) is 3.54. The second kappa shape index (κ2) is 14.5. The van der Waals surface area contributed by atoms with Crippen molar-refractivity contribution in [2.75, 3.05) is 93.2 Å². The van der Waals surface area contributed by atoms with E-state index in [2.05, 4.69) is 150 Å². The summed E-state index contributed by atoms with van der Waals surface area (Å²) in [5, 5.41) is 0. The zero-order valence-electron chi connectivity index (χ0n) is 41.0. The molecule has 0 N–H and O–H groups in total. The van der Waals surface area contributed by atoms with Gasteiger partial charge in [-0.3, -0.25) is 14.7 Å². The third-order valence-corrected chi connectivity index (χ3v) is 19.3. The van der Waals surface area contributed by atoms with Crippen molar-refractivity contribution < 1.29 is 0 Å². The van der Waals surface area contributed by atoms with Crippen LogP contribution in [0, 0.1) is 22.7 Å². The first-order chi connectivity index (χ1) is 29.5. The molecule has 0 aliphatic carbocycles. The van der Waals surface area contributed by atoms with Crippen molar-refractivity contribution in [1.29, 1.82) is 0 Å². The Morgan fingerprint density at radius 2 is 0.952 bits per heavy atom. The summed E-state index contributed by atoms with van der Waals surface area (Å²) < 4.78 is 0. The van der Waals surface area contributed by atoms with Gasteiger partial charge >= 0.3 is 0 Å². The predicted molar refractivity (Wildman–Crippen MR) is 254 cm³/mol. The fraction of sp³-hybridized carbons (Fsp3) is 0.765. The lowest BCUT2D eigenvalue weighted by Crippen LogP contribution is -2.74. The molecule has 3 aromatic heterocycles. The monoisotopic (exact) mass is 859 g/mol. The second-order valence-corrected chi connectivity index (χ2v) is 25.1. The summed E-state index contributed by atoms with van der Waals surface area (Å²) in [5.74, 6) is 3.93. The van der Waals surface area contributed by atoms with Crippen molar-refractivity contribution >= 4 is 17.8 Å². The quantitative estimate of drug-likeness (QED) is 0.266. The third kappa shape index (κ3) is 7.08. The molecule has 3 atom stereocenters. The van der Waals surface area contributed by atoms with Crippen LogP contribution >= 0.6 is 0 Å². The van der Waals surface area contributed by atoms with Crippen LogP contribution in [0.2, 0.25) is 0 Å². The summed E-state index contributed by atoms with van der Waals surface area (Å²) in [6, 6.07) is 0. The van der Waals surface area contributed by atoms with E-state index in [0.29, 0.717) is 22.7 Å². The van der Waals surface area contributed by atoms with Crippen LogP contribution in [0.4, 0.5) is 17.8 Å². The van der Waals surface area contributed by atoms with Crippen LogP contribution in [-0.2, 0) is 16.2 Å². The molecule has 3 aromatic rings. The van der Waals surface area contributed by atoms with E-state index in [4.69, 9.17) is 29.9 Å². The van der Waals surface area contributed by atoms with Crippen molar-refractivity contribution in [3.63, 3.8) is 0 Å². The largest absolute Gasteiger partial charge is 0.341 e. The normalized spacial score (nSPS) is 31.7. The van der Waals surface area contributed by atoms with Gasteiger partial charge in [0.25, 0.3) is 0 Å². The number of rotatable bonds is 4. The molecule has 12 heteroatoms. The summed E-state index contributed by atoms with van der Waals surface area (Å²) in [4.78, 5) is 46.3. The fourth-order valence-electron chi connectivity index (χ4n) is 13.3. The van der Waals surface area contributed by atoms with Crippen LogP contribution in [0.5, 0.6) is 0 Å². The van der Waals surface area contributed by atoms with E-state index in [1.54, 1.807) is 0 Å². The first-order valence-electron chi connectivity index (χ1n) is 24.5. The molecular formula is C51H78N12. The van der Waals surface area contributed by atoms with Gasteiger partial charge in [0.1, 0.15) is 0 Å². The lowest BCUT2D eigenvalue weighted by atomic mass is 9.55. The summed E-state index contributed by atoms with van der Waals surface area (Å²) in [6.45, 7) is 42.1. The summed E-state index contributed by atoms with van der Waals surface area (Å²) in [6.07, 6.45) is 18.4. The fourth-order valence-corrected chi connectivity index (χ4v) is 13.3. The summed E-state index contributed by atoms with van der Waals surface area (Å²) in [7, 11) is 0. The lowest BCUT2D eigenvalue weighted by Gasteiger charge is -2.65. The van der Waals surface area contributed by atoms with Gasteiger partial charge in [-0.1, -0.05) is 34.6 Å². The number of hydrogen-bond donors (Lipinski definition) is 0. The maximum atomic E-state index is 5.17. The highest BCUT2D eigenvalue weighted by Crippen LogP contribution is 2.53. The number of aromatic nitrogens is 6. The molecule has 0 aromatic carbocycles. The van der Waals surface area contributed by atoms with Gasteiger partial charge in [0, 0.05) is 135 Å². The van der Waals surface area contributed by atoms with Crippen LogP contribution in [-0.4, -0.2) is 140 Å². The molecule has 0 saturated carbocycles. The maximum absolute atomic E-state index is 5.17. The topological polar surface area (TPSA) is 96.8 Å². The van der Waals surface area contributed by atoms with Crippen molar-refractivity contribution in [3.05, 3.63) is 53.9 Å². The van der Waals surface area contributed by atoms with E-state index < -0.39 is 5.41 Å². The van der Waals surface area contributed by atoms with E-state index in [1.165, 1.54) is 38.8 Å². The van der Waals surface area contributed by atoms with Gasteiger partial charge in [-0.15, -0.1) is 0 Å². The molecule has 342 valence electrons. The predicted octanol–water partition coefficient (Wildman–Crippen LogP) is 7.20. The van der Waals surface area contributed by atoms with E-state index in [-0.39, 0.29) is 27.4 Å². The third-order valence-electron chi connectivity index (χ3n) is 19.3. The smallest absolute Gasteiger partial charge is 0.225 e. The van der Waals surface area contributed by atoms with E-state index in [1.807, 2.05) is 0 Å². The molecule has 63 heavy (non-hydrogen) atoms. The Morgan fingerprint density at radius 1 is 0.508 bits per heavy atom. The highest BCUT2D eigenvalue weighted by Gasteiger charge is 2.57. The van der Waals surface area contributed by atoms with E-state index in [9.17, 15) is 0 Å². The molecule has 0 amide bonds. The van der Waals surface area contributed by atoms with Crippen molar-refractivity contribution in [3.8, 4) is 0 Å². The molecule has 10 bridgehead atoms. The Labute approximate surface area is 379 Å². The van der Waals surface area contributed by atoms with Gasteiger partial charge in [-0.05, 0) is 133 Å². The number of hydrogen-bond acceptors (Lipinski definition) is 12. The molecule has 20 heterocycles. The lowest BCUT2D eigenvalue weighted by molar-refractivity contribution is -0.138. The molecule has 6 saturated heterocycles. The zero-order chi connectivity index (χ0) is 44.6. The Hall–Kier alpha value is -3.48. The molecule has 17 aliphatic heterocycles. The average Bonchev–Trinajstić information content (AvgIpc) is 3.83. The average molecular weight is 859 g/mol. The second-order valence-electron chi connectivity index (χ2n) is 25.1. The van der Waals surface area contributed by atoms with Crippen LogP contribution in [0.3, 0.4) is 0 Å². The number of fused-ring (bicyclic) bond motifs is 1. The van der Waals surface area contributed by atoms with Gasteiger partial charge in [0.2, 0.25) is 17.8 Å². The molecule has 2 spiro atoms. The highest BCUT2D eigenvalue weighted by atomic mass is 15.4. The summed E-state index contributed by atoms with van der Waals surface area (Å²) >= 11 is 0. The highest BCUT2D eigenvalue weighted by molar-refractivity contribution is 5.43. The minimum atomic E-state index is -0.394. The van der Waals surface area contributed by atoms with Gasteiger partial charge < -0.3 is 14.7 Å². The van der Waals surface area contributed by atoms with Gasteiger partial charge in [-0.2, -0.15) is 0 Å². The Bertz CT molecular complexity index is 2110. The zero-order valence-corrected chi connectivity index (χ0v) is 41.0. The first-order valence-corrected chi connectivity index (χ1v) is 24.5. The molecule has 17 aliphatic rings. The number of anilines is 3. The van der Waals surface area contributed by atoms with Crippen LogP contribution in [0.15, 0.2) is 37.2 Å². The Morgan fingerprint density at radius 3 is 1.49 bits per heavy atom. The number of nitrogens with zero attached hydrogens (tertiary/aromatic N) is 12. The minimum Gasteiger partial charge on any atom is -0.341 e. The minimum absolute atomic E-state index is 0.0797. The molecule has 3 unspecified atom stereocenters. The SMILES string of the molecule is CC(C)(CC1(C)c2cnc(nc2)N2CC3(CCN(CC3)C(C)(C)C(C)(C)N3CC4(CCN(CC4)c4ncc(cn4)C1(C)C)C3)C2)c1cnc(N2CC3CN(C(C)(C)C)CC3C2)nc1. The van der Waals surface area contributed by atoms with E-state index >= 15 is 0 Å². The van der Waals surface area contributed by atoms with Crippen molar-refractivity contribution in [2.24, 2.45) is 22.7 Å². The molecule has 6 fully saturated rings. The number of likely N-dealkylation sites (tertiary alicyclic amines) is 1. The molecular weight excluding hydrogens is 781 g/mol. The first kappa shape index (κ1) is 43.4. The molecule has 12 nitrogen and oxygen atoms in total. The van der Waals surface area contributed by atoms with E-state index in [0.717, 1.165) is 106 Å². The number of piperidine rings is 2. The Kier molecular flexibility index (Phi) is 10.00. The van der Waals surface area contributed by atoms with Crippen LogP contribution in [0.25, 0.3) is 0 Å². The molecule has 20 rings (SSSR count). The van der Waals surface area contributed by atoms with Crippen LogP contribution in [0.1, 0.15) is 132 Å². The van der Waals surface area contributed by atoms with Crippen molar-refractivity contribution in [2.45, 2.75) is 148 Å². The van der Waals surface area contributed by atoms with Crippen molar-refractivity contribution in [1.82, 2.24) is 44.6 Å². The van der Waals surface area contributed by atoms with Gasteiger partial charge in [0.05, 0.1) is 0 Å². The van der Waals surface area contributed by atoms with Gasteiger partial charge in [0.15, 0.2) is 0 Å². The molecule has 0 radical (unpaired) electrons. The van der Waals surface area contributed by atoms with Crippen LogP contribution < -0.4 is 14.7 Å².